The molecular formula is C24H33N3O5S. The lowest BCUT2D eigenvalue weighted by molar-refractivity contribution is 0.0730. The monoisotopic (exact) mass is 475 g/mol. The Balaban J connectivity index is 1.80. The second-order valence-corrected chi connectivity index (χ2v) is 9.73. The summed E-state index contributed by atoms with van der Waals surface area (Å²) in [5, 5.41) is 2.93. The molecule has 0 bridgehead atoms. The number of rotatable bonds is 10. The fourth-order valence-corrected chi connectivity index (χ4v) is 5.24. The van der Waals surface area contributed by atoms with E-state index in [-0.39, 0.29) is 16.4 Å². The van der Waals surface area contributed by atoms with Gasteiger partial charge in [0.05, 0.1) is 30.8 Å². The van der Waals surface area contributed by atoms with Crippen LogP contribution in [0.1, 0.15) is 35.3 Å². The van der Waals surface area contributed by atoms with Crippen molar-refractivity contribution in [2.24, 2.45) is 0 Å². The molecule has 0 unspecified atom stereocenters. The van der Waals surface area contributed by atoms with Gasteiger partial charge in [-0.2, -0.15) is 4.31 Å². The molecule has 3 rings (SSSR count). The van der Waals surface area contributed by atoms with E-state index in [0.29, 0.717) is 38.6 Å². The molecule has 0 radical (unpaired) electrons. The highest BCUT2D eigenvalue weighted by Gasteiger charge is 2.28. The van der Waals surface area contributed by atoms with E-state index in [1.54, 1.807) is 0 Å². The van der Waals surface area contributed by atoms with Crippen LogP contribution < -0.4 is 10.1 Å². The van der Waals surface area contributed by atoms with E-state index in [0.717, 1.165) is 30.8 Å². The largest absolute Gasteiger partial charge is 0.496 e. The van der Waals surface area contributed by atoms with E-state index in [2.05, 4.69) is 30.1 Å². The van der Waals surface area contributed by atoms with Crippen LogP contribution in [0, 0.1) is 0 Å². The zero-order chi connectivity index (χ0) is 23.8. The Morgan fingerprint density at radius 1 is 1.09 bits per heavy atom. The van der Waals surface area contributed by atoms with E-state index in [1.165, 1.54) is 29.6 Å². The molecule has 0 saturated carbocycles. The molecule has 1 aliphatic rings. The summed E-state index contributed by atoms with van der Waals surface area (Å²) in [5.41, 5.74) is 2.36. The predicted molar refractivity (Wildman–Crippen MR) is 127 cm³/mol. The van der Waals surface area contributed by atoms with Crippen molar-refractivity contribution in [2.75, 3.05) is 46.5 Å². The van der Waals surface area contributed by atoms with Crippen LogP contribution in [0.5, 0.6) is 5.75 Å². The Morgan fingerprint density at radius 2 is 1.76 bits per heavy atom. The highest BCUT2D eigenvalue weighted by atomic mass is 32.2. The van der Waals surface area contributed by atoms with Gasteiger partial charge in [0.15, 0.2) is 0 Å². The summed E-state index contributed by atoms with van der Waals surface area (Å²) in [5.74, 6) is -0.0617. The molecule has 1 N–H and O–H groups in total. The highest BCUT2D eigenvalue weighted by Crippen LogP contribution is 2.25. The van der Waals surface area contributed by atoms with Gasteiger partial charge in [-0.25, -0.2) is 8.42 Å². The lowest BCUT2D eigenvalue weighted by atomic mass is 10.1. The van der Waals surface area contributed by atoms with Crippen molar-refractivity contribution in [1.82, 2.24) is 14.5 Å². The molecule has 9 heteroatoms. The average molecular weight is 476 g/mol. The number of benzene rings is 2. The number of carbonyl (C=O) groups excluding carboxylic acids is 1. The Hall–Kier alpha value is -2.46. The Labute approximate surface area is 196 Å². The topological polar surface area (TPSA) is 88.2 Å². The van der Waals surface area contributed by atoms with Gasteiger partial charge < -0.3 is 14.8 Å². The van der Waals surface area contributed by atoms with E-state index in [4.69, 9.17) is 9.47 Å². The van der Waals surface area contributed by atoms with Crippen molar-refractivity contribution in [3.8, 4) is 5.75 Å². The fraction of sp³-hybridized carbons (Fsp3) is 0.458. The summed E-state index contributed by atoms with van der Waals surface area (Å²) in [6, 6.07) is 12.4. The molecule has 1 saturated heterocycles. The zero-order valence-corrected chi connectivity index (χ0v) is 20.4. The van der Waals surface area contributed by atoms with Gasteiger partial charge >= 0.3 is 0 Å². The number of methoxy groups -OCH3 is 1. The summed E-state index contributed by atoms with van der Waals surface area (Å²) >= 11 is 0. The number of nitrogens with one attached hydrogen (secondary N) is 1. The van der Waals surface area contributed by atoms with Gasteiger partial charge in [0.25, 0.3) is 5.91 Å². The Bertz CT molecular complexity index is 1050. The first kappa shape index (κ1) is 25.2. The van der Waals surface area contributed by atoms with Crippen molar-refractivity contribution >= 4 is 15.9 Å². The highest BCUT2D eigenvalue weighted by molar-refractivity contribution is 7.89. The van der Waals surface area contributed by atoms with Crippen LogP contribution in [0.25, 0.3) is 0 Å². The molecule has 180 valence electrons. The molecule has 0 aliphatic carbocycles. The van der Waals surface area contributed by atoms with Crippen LogP contribution in [-0.4, -0.2) is 70.0 Å². The third-order valence-corrected chi connectivity index (χ3v) is 7.76. The quantitative estimate of drug-likeness (QED) is 0.568. The van der Waals surface area contributed by atoms with Gasteiger partial charge in [-0.05, 0) is 42.4 Å². The van der Waals surface area contributed by atoms with Crippen molar-refractivity contribution in [3.63, 3.8) is 0 Å². The minimum Gasteiger partial charge on any atom is -0.496 e. The smallest absolute Gasteiger partial charge is 0.255 e. The lowest BCUT2D eigenvalue weighted by Crippen LogP contribution is -2.40. The normalized spacial score (nSPS) is 14.9. The van der Waals surface area contributed by atoms with E-state index >= 15 is 0 Å². The molecular weight excluding hydrogens is 442 g/mol. The summed E-state index contributed by atoms with van der Waals surface area (Å²) in [6.45, 7) is 8.56. The van der Waals surface area contributed by atoms with Crippen LogP contribution in [0.4, 0.5) is 0 Å². The standard InChI is InChI=1S/C24H33N3O5S/c1-4-26(5-2)18-20-9-7-6-8-19(20)17-25-24(28)22-16-21(10-11-23(22)31-3)33(29,30)27-12-14-32-15-13-27/h6-11,16H,4-5,12-15,17-18H2,1-3H3,(H,25,28). The van der Waals surface area contributed by atoms with Gasteiger partial charge in [-0.3, -0.25) is 9.69 Å². The molecule has 2 aromatic rings. The number of ether oxygens (including phenoxy) is 2. The van der Waals surface area contributed by atoms with Crippen LogP contribution in [0.2, 0.25) is 0 Å². The summed E-state index contributed by atoms with van der Waals surface area (Å²) < 4.78 is 38.1. The lowest BCUT2D eigenvalue weighted by Gasteiger charge is -2.26. The third-order valence-electron chi connectivity index (χ3n) is 5.87. The Morgan fingerprint density at radius 3 is 2.39 bits per heavy atom. The first-order valence-corrected chi connectivity index (χ1v) is 12.7. The second kappa shape index (κ2) is 11.6. The van der Waals surface area contributed by atoms with Crippen LogP contribution in [-0.2, 0) is 27.8 Å². The van der Waals surface area contributed by atoms with Gasteiger partial charge in [0.2, 0.25) is 10.0 Å². The second-order valence-electron chi connectivity index (χ2n) is 7.79. The van der Waals surface area contributed by atoms with Crippen molar-refractivity contribution in [3.05, 3.63) is 59.2 Å². The average Bonchev–Trinajstić information content (AvgIpc) is 2.86. The molecule has 2 aromatic carbocycles. The maximum atomic E-state index is 13.1. The van der Waals surface area contributed by atoms with Gasteiger partial charge in [0.1, 0.15) is 5.75 Å². The van der Waals surface area contributed by atoms with Crippen LogP contribution >= 0.6 is 0 Å². The number of hydrogen-bond donors (Lipinski definition) is 1. The zero-order valence-electron chi connectivity index (χ0n) is 19.5. The number of sulfonamides is 1. The predicted octanol–water partition coefficient (Wildman–Crippen LogP) is 2.49. The molecule has 1 amide bonds. The number of morpholine rings is 1. The summed E-state index contributed by atoms with van der Waals surface area (Å²) in [7, 11) is -2.26. The summed E-state index contributed by atoms with van der Waals surface area (Å²) in [6.07, 6.45) is 0. The molecule has 1 fully saturated rings. The first-order chi connectivity index (χ1) is 15.9. The van der Waals surface area contributed by atoms with Crippen molar-refractivity contribution in [1.29, 1.82) is 0 Å². The minimum atomic E-state index is -3.72. The molecule has 0 aromatic heterocycles. The molecule has 0 spiro atoms. The first-order valence-electron chi connectivity index (χ1n) is 11.2. The van der Waals surface area contributed by atoms with E-state index in [1.807, 2.05) is 18.2 Å². The molecule has 1 heterocycles. The van der Waals surface area contributed by atoms with E-state index in [9.17, 15) is 13.2 Å². The number of carbonyl (C=O) groups is 1. The maximum absolute atomic E-state index is 13.1. The van der Waals surface area contributed by atoms with E-state index < -0.39 is 10.0 Å². The molecule has 8 nitrogen and oxygen atoms in total. The minimum absolute atomic E-state index is 0.0669. The SMILES string of the molecule is CCN(CC)Cc1ccccc1CNC(=O)c1cc(S(=O)(=O)N2CCOCC2)ccc1OC. The number of amides is 1. The van der Waals surface area contributed by atoms with Crippen molar-refractivity contribution in [2.45, 2.75) is 31.8 Å². The van der Waals surface area contributed by atoms with Gasteiger partial charge in [-0.15, -0.1) is 0 Å². The van der Waals surface area contributed by atoms with Crippen LogP contribution in [0.15, 0.2) is 47.4 Å². The Kier molecular flexibility index (Phi) is 8.85. The van der Waals surface area contributed by atoms with Gasteiger partial charge in [0, 0.05) is 26.2 Å². The maximum Gasteiger partial charge on any atom is 0.255 e. The fourth-order valence-electron chi connectivity index (χ4n) is 3.80. The number of nitrogens with zero attached hydrogens (tertiary/aromatic N) is 2. The van der Waals surface area contributed by atoms with Gasteiger partial charge in [-0.1, -0.05) is 38.1 Å². The number of hydrogen-bond acceptors (Lipinski definition) is 6. The molecule has 1 aliphatic heterocycles. The van der Waals surface area contributed by atoms with Crippen LogP contribution in [0.3, 0.4) is 0 Å². The molecule has 33 heavy (non-hydrogen) atoms. The summed E-state index contributed by atoms with van der Waals surface area (Å²) in [4.78, 5) is 15.4. The van der Waals surface area contributed by atoms with Crippen molar-refractivity contribution < 1.29 is 22.7 Å². The third kappa shape index (κ3) is 6.11. The molecule has 0 atom stereocenters.